The van der Waals surface area contributed by atoms with Crippen molar-refractivity contribution < 1.29 is 19.1 Å². The monoisotopic (exact) mass is 434 g/mol. The zero-order valence-electron chi connectivity index (χ0n) is 15.4. The van der Waals surface area contributed by atoms with Crippen LogP contribution in [0.5, 0.6) is 5.75 Å². The molecule has 150 valence electrons. The van der Waals surface area contributed by atoms with Gasteiger partial charge in [0.2, 0.25) is 0 Å². The maximum Gasteiger partial charge on any atom is 0.336 e. The topological polar surface area (TPSA) is 52.6 Å². The molecule has 0 amide bonds. The van der Waals surface area contributed by atoms with Crippen molar-refractivity contribution in [3.63, 3.8) is 0 Å². The second-order valence-corrected chi connectivity index (χ2v) is 7.26. The Morgan fingerprint density at radius 3 is 2.07 bits per heavy atom. The van der Waals surface area contributed by atoms with Gasteiger partial charge in [-0.1, -0.05) is 86.7 Å². The van der Waals surface area contributed by atoms with E-state index in [4.69, 9.17) is 44.3 Å². The van der Waals surface area contributed by atoms with Crippen molar-refractivity contribution in [1.82, 2.24) is 0 Å². The molecular weight excluding hydrogens is 411 g/mol. The van der Waals surface area contributed by atoms with E-state index in [9.17, 15) is 9.59 Å². The second-order valence-electron chi connectivity index (χ2n) is 6.07. The Bertz CT molecular complexity index is 644. The molecule has 0 N–H and O–H groups in total. The molecule has 1 aromatic rings. The van der Waals surface area contributed by atoms with Crippen molar-refractivity contribution >= 4 is 46.7 Å². The summed E-state index contributed by atoms with van der Waals surface area (Å²) in [6, 6.07) is 2.95. The van der Waals surface area contributed by atoms with Gasteiger partial charge in [-0.2, -0.15) is 0 Å². The highest BCUT2D eigenvalue weighted by atomic mass is 35.5. The lowest BCUT2D eigenvalue weighted by Gasteiger charge is -2.07. The molecule has 0 bridgehead atoms. The summed E-state index contributed by atoms with van der Waals surface area (Å²) in [7, 11) is 0. The lowest BCUT2D eigenvalue weighted by Crippen LogP contribution is -2.08. The number of hydrogen-bond acceptors (Lipinski definition) is 4. The second kappa shape index (κ2) is 13.9. The van der Waals surface area contributed by atoms with Gasteiger partial charge in [0.25, 0.3) is 0 Å². The van der Waals surface area contributed by atoms with E-state index >= 15 is 0 Å². The molecule has 0 fully saturated rings. The van der Waals surface area contributed by atoms with Gasteiger partial charge in [-0.25, -0.2) is 9.59 Å². The van der Waals surface area contributed by atoms with Crippen molar-refractivity contribution in [1.29, 1.82) is 0 Å². The number of carbonyl (C=O) groups is 2. The predicted octanol–water partition coefficient (Wildman–Crippen LogP) is 6.79. The Kier molecular flexibility index (Phi) is 12.2. The van der Waals surface area contributed by atoms with Crippen LogP contribution in [0.1, 0.15) is 58.3 Å². The van der Waals surface area contributed by atoms with Gasteiger partial charge in [-0.3, -0.25) is 0 Å². The van der Waals surface area contributed by atoms with Crippen LogP contribution in [0, 0.1) is 0 Å². The molecule has 1 aromatic carbocycles. The van der Waals surface area contributed by atoms with Crippen LogP contribution in [0.3, 0.4) is 0 Å². The number of unbranched alkanes of at least 4 members (excludes halogenated alkanes) is 7. The van der Waals surface area contributed by atoms with E-state index in [1.54, 1.807) is 0 Å². The average Bonchev–Trinajstić information content (AvgIpc) is 2.65. The maximum atomic E-state index is 11.8. The summed E-state index contributed by atoms with van der Waals surface area (Å²) in [5.74, 6) is -1.45. The van der Waals surface area contributed by atoms with E-state index in [-0.39, 0.29) is 20.8 Å². The largest absolute Gasteiger partial charge is 0.463 e. The Balaban J connectivity index is 2.24. The van der Waals surface area contributed by atoms with Crippen LogP contribution in [-0.2, 0) is 14.3 Å². The summed E-state index contributed by atoms with van der Waals surface area (Å²) in [5, 5.41) is 0.379. The minimum Gasteiger partial charge on any atom is -0.463 e. The normalized spacial score (nSPS) is 11.0. The Morgan fingerprint density at radius 1 is 0.852 bits per heavy atom. The number of halogens is 3. The molecule has 0 atom stereocenters. The number of benzene rings is 1. The van der Waals surface area contributed by atoms with Crippen LogP contribution in [0.15, 0.2) is 24.3 Å². The minimum absolute atomic E-state index is 0.0307. The van der Waals surface area contributed by atoms with E-state index in [1.807, 2.05) is 0 Å². The fourth-order valence-corrected chi connectivity index (χ4v) is 2.93. The van der Waals surface area contributed by atoms with Crippen molar-refractivity contribution in [2.24, 2.45) is 0 Å². The quantitative estimate of drug-likeness (QED) is 0.119. The molecular formula is C20H25Cl3O4. The molecule has 0 saturated heterocycles. The van der Waals surface area contributed by atoms with Gasteiger partial charge in [0.1, 0.15) is 5.02 Å². The SMILES string of the molecule is CCCCCCCCCCOC(=O)/C=C/C(=O)Oc1c(Cl)ccc(Cl)c1Cl. The molecule has 0 unspecified atom stereocenters. The molecule has 1 rings (SSSR count). The fraction of sp³-hybridized carbons (Fsp3) is 0.500. The molecule has 0 aliphatic rings. The standard InChI is InChI=1S/C20H25Cl3O4/c1-2-3-4-5-6-7-8-9-14-26-17(24)12-13-18(25)27-20-16(22)11-10-15(21)19(20)23/h10-13H,2-9,14H2,1H3/b13-12+. The maximum absolute atomic E-state index is 11.8. The molecule has 7 heteroatoms. The highest BCUT2D eigenvalue weighted by molar-refractivity contribution is 6.44. The summed E-state index contributed by atoms with van der Waals surface area (Å²) in [5.41, 5.74) is 0. The summed E-state index contributed by atoms with van der Waals surface area (Å²) in [6.07, 6.45) is 11.3. The van der Waals surface area contributed by atoms with Crippen molar-refractivity contribution in [3.8, 4) is 5.75 Å². The van der Waals surface area contributed by atoms with Crippen molar-refractivity contribution in [3.05, 3.63) is 39.4 Å². The number of esters is 2. The third kappa shape index (κ3) is 10.0. The van der Waals surface area contributed by atoms with Gasteiger partial charge in [0.15, 0.2) is 5.75 Å². The first-order chi connectivity index (χ1) is 13.0. The highest BCUT2D eigenvalue weighted by Gasteiger charge is 2.14. The van der Waals surface area contributed by atoms with E-state index in [0.717, 1.165) is 31.4 Å². The third-order valence-electron chi connectivity index (χ3n) is 3.80. The fourth-order valence-electron chi connectivity index (χ4n) is 2.33. The lowest BCUT2D eigenvalue weighted by molar-refractivity contribution is -0.138. The van der Waals surface area contributed by atoms with Crippen LogP contribution in [0.25, 0.3) is 0 Å². The van der Waals surface area contributed by atoms with Crippen LogP contribution in [0.4, 0.5) is 0 Å². The van der Waals surface area contributed by atoms with E-state index < -0.39 is 11.9 Å². The van der Waals surface area contributed by atoms with Crippen LogP contribution in [-0.4, -0.2) is 18.5 Å². The first kappa shape index (κ1) is 23.8. The summed E-state index contributed by atoms with van der Waals surface area (Å²) in [6.45, 7) is 2.53. The van der Waals surface area contributed by atoms with Gasteiger partial charge in [0, 0.05) is 12.2 Å². The number of hydrogen-bond donors (Lipinski definition) is 0. The van der Waals surface area contributed by atoms with Crippen LogP contribution >= 0.6 is 34.8 Å². The summed E-state index contributed by atoms with van der Waals surface area (Å²) in [4.78, 5) is 23.4. The highest BCUT2D eigenvalue weighted by Crippen LogP contribution is 2.38. The average molecular weight is 436 g/mol. The summed E-state index contributed by atoms with van der Waals surface area (Å²) < 4.78 is 10.1. The molecule has 4 nitrogen and oxygen atoms in total. The van der Waals surface area contributed by atoms with Crippen LogP contribution < -0.4 is 4.74 Å². The first-order valence-corrected chi connectivity index (χ1v) is 10.3. The predicted molar refractivity (Wildman–Crippen MR) is 110 cm³/mol. The van der Waals surface area contributed by atoms with Crippen LogP contribution in [0.2, 0.25) is 15.1 Å². The molecule has 27 heavy (non-hydrogen) atoms. The molecule has 0 heterocycles. The number of rotatable bonds is 12. The number of ether oxygens (including phenoxy) is 2. The molecule has 0 aliphatic carbocycles. The van der Waals surface area contributed by atoms with Gasteiger partial charge in [-0.05, 0) is 18.6 Å². The molecule has 0 aromatic heterocycles. The van der Waals surface area contributed by atoms with Gasteiger partial charge in [0.05, 0.1) is 16.7 Å². The first-order valence-electron chi connectivity index (χ1n) is 9.15. The molecule has 0 saturated carbocycles. The number of carbonyl (C=O) groups excluding carboxylic acids is 2. The van der Waals surface area contributed by atoms with Crippen molar-refractivity contribution in [2.75, 3.05) is 6.61 Å². The zero-order valence-corrected chi connectivity index (χ0v) is 17.7. The zero-order chi connectivity index (χ0) is 20.1. The smallest absolute Gasteiger partial charge is 0.336 e. The lowest BCUT2D eigenvalue weighted by atomic mass is 10.1. The molecule has 0 spiro atoms. The Labute approximate surface area is 175 Å². The Hall–Kier alpha value is -1.23. The van der Waals surface area contributed by atoms with E-state index in [2.05, 4.69) is 6.92 Å². The molecule has 0 radical (unpaired) electrons. The Morgan fingerprint density at radius 2 is 1.41 bits per heavy atom. The van der Waals surface area contributed by atoms with Gasteiger partial charge < -0.3 is 9.47 Å². The minimum atomic E-state index is -0.801. The summed E-state index contributed by atoms with van der Waals surface area (Å²) >= 11 is 17.7. The van der Waals surface area contributed by atoms with Gasteiger partial charge in [-0.15, -0.1) is 0 Å². The van der Waals surface area contributed by atoms with Gasteiger partial charge >= 0.3 is 11.9 Å². The third-order valence-corrected chi connectivity index (χ3v) is 4.89. The van der Waals surface area contributed by atoms with E-state index in [1.165, 1.54) is 44.2 Å². The van der Waals surface area contributed by atoms with E-state index in [0.29, 0.717) is 6.61 Å². The van der Waals surface area contributed by atoms with Crippen molar-refractivity contribution in [2.45, 2.75) is 58.3 Å². The molecule has 0 aliphatic heterocycles.